The fourth-order valence-electron chi connectivity index (χ4n) is 2.18. The lowest BCUT2D eigenvalue weighted by atomic mass is 10.2. The molecule has 0 saturated heterocycles. The van der Waals surface area contributed by atoms with Crippen LogP contribution in [0.25, 0.3) is 11.4 Å². The standard InChI is InChI=1S/C17H17N4OS/c1-12-9-10-14(15(11-12)22-3)18-19-17-21(2)16(20-23-17)13-7-5-4-6-8-13/h4-11H,1-3H3/q+1. The molecule has 116 valence electrons. The minimum absolute atomic E-state index is 0.702. The minimum Gasteiger partial charge on any atom is -0.494 e. The van der Waals surface area contributed by atoms with Gasteiger partial charge >= 0.3 is 5.13 Å². The number of aromatic nitrogens is 2. The van der Waals surface area contributed by atoms with Crippen LogP contribution < -0.4 is 9.30 Å². The Balaban J connectivity index is 1.91. The molecule has 3 rings (SSSR count). The van der Waals surface area contributed by atoms with Crippen LogP contribution in [0.15, 0.2) is 58.8 Å². The van der Waals surface area contributed by atoms with E-state index in [-0.39, 0.29) is 0 Å². The number of azo groups is 1. The predicted octanol–water partition coefficient (Wildman–Crippen LogP) is 4.37. The van der Waals surface area contributed by atoms with Gasteiger partial charge in [0.1, 0.15) is 23.0 Å². The molecule has 0 aliphatic carbocycles. The van der Waals surface area contributed by atoms with Gasteiger partial charge in [-0.05, 0) is 41.1 Å². The summed E-state index contributed by atoms with van der Waals surface area (Å²) in [5.74, 6) is 1.59. The highest BCUT2D eigenvalue weighted by Crippen LogP contribution is 2.30. The maximum Gasteiger partial charge on any atom is 0.378 e. The van der Waals surface area contributed by atoms with Crippen LogP contribution >= 0.6 is 11.5 Å². The quantitative estimate of drug-likeness (QED) is 0.528. The van der Waals surface area contributed by atoms with Crippen LogP contribution in [0.2, 0.25) is 0 Å². The maximum absolute atomic E-state index is 5.35. The van der Waals surface area contributed by atoms with Gasteiger partial charge in [0.05, 0.1) is 19.7 Å². The number of benzene rings is 2. The Morgan fingerprint density at radius 1 is 1.09 bits per heavy atom. The Morgan fingerprint density at radius 3 is 2.61 bits per heavy atom. The van der Waals surface area contributed by atoms with E-state index in [0.29, 0.717) is 11.4 Å². The molecule has 0 amide bonds. The Bertz CT molecular complexity index is 843. The molecule has 0 atom stereocenters. The number of rotatable bonds is 4. The lowest BCUT2D eigenvalue weighted by molar-refractivity contribution is -0.645. The lowest BCUT2D eigenvalue weighted by Crippen LogP contribution is -2.28. The lowest BCUT2D eigenvalue weighted by Gasteiger charge is -2.02. The summed E-state index contributed by atoms with van der Waals surface area (Å²) in [6.07, 6.45) is 0. The third kappa shape index (κ3) is 3.27. The molecule has 5 nitrogen and oxygen atoms in total. The number of methoxy groups -OCH3 is 1. The van der Waals surface area contributed by atoms with Crippen molar-refractivity contribution in [1.29, 1.82) is 0 Å². The molecule has 1 aromatic heterocycles. The number of aryl methyl sites for hydroxylation is 1. The molecule has 0 aliphatic rings. The molecule has 0 spiro atoms. The van der Waals surface area contributed by atoms with E-state index in [0.717, 1.165) is 22.1 Å². The molecule has 23 heavy (non-hydrogen) atoms. The normalized spacial score (nSPS) is 11.1. The minimum atomic E-state index is 0.702. The van der Waals surface area contributed by atoms with Gasteiger partial charge in [-0.2, -0.15) is 0 Å². The van der Waals surface area contributed by atoms with Gasteiger partial charge in [-0.3, -0.25) is 0 Å². The maximum atomic E-state index is 5.35. The number of nitrogens with zero attached hydrogens (tertiary/aromatic N) is 4. The summed E-state index contributed by atoms with van der Waals surface area (Å²) in [5.41, 5.74) is 2.88. The second-order valence-electron chi connectivity index (χ2n) is 5.09. The first-order valence-corrected chi connectivity index (χ1v) is 7.94. The Labute approximate surface area is 139 Å². The van der Waals surface area contributed by atoms with Gasteiger partial charge in [0.2, 0.25) is 0 Å². The number of hydrogen-bond acceptors (Lipinski definition) is 5. The van der Waals surface area contributed by atoms with E-state index in [1.165, 1.54) is 11.5 Å². The predicted molar refractivity (Wildman–Crippen MR) is 90.6 cm³/mol. The van der Waals surface area contributed by atoms with Crippen molar-refractivity contribution in [3.05, 3.63) is 54.1 Å². The zero-order chi connectivity index (χ0) is 16.2. The molecular formula is C17H17N4OS+. The first-order valence-electron chi connectivity index (χ1n) is 7.16. The van der Waals surface area contributed by atoms with Crippen molar-refractivity contribution < 1.29 is 9.30 Å². The highest BCUT2D eigenvalue weighted by Gasteiger charge is 2.19. The van der Waals surface area contributed by atoms with E-state index < -0.39 is 0 Å². The van der Waals surface area contributed by atoms with E-state index in [1.54, 1.807) is 7.11 Å². The third-order valence-corrected chi connectivity index (χ3v) is 4.21. The van der Waals surface area contributed by atoms with Crippen LogP contribution in [0.3, 0.4) is 0 Å². The molecule has 2 aromatic carbocycles. The monoisotopic (exact) mass is 325 g/mol. The Kier molecular flexibility index (Phi) is 4.43. The van der Waals surface area contributed by atoms with Crippen molar-refractivity contribution in [2.24, 2.45) is 17.3 Å². The van der Waals surface area contributed by atoms with Crippen molar-refractivity contribution >= 4 is 22.4 Å². The number of hydrogen-bond donors (Lipinski definition) is 0. The highest BCUT2D eigenvalue weighted by atomic mass is 32.1. The molecular weight excluding hydrogens is 308 g/mol. The summed E-state index contributed by atoms with van der Waals surface area (Å²) in [6, 6.07) is 15.9. The topological polar surface area (TPSA) is 50.7 Å². The van der Waals surface area contributed by atoms with E-state index in [2.05, 4.69) is 14.6 Å². The highest BCUT2D eigenvalue weighted by molar-refractivity contribution is 7.09. The largest absolute Gasteiger partial charge is 0.494 e. The average Bonchev–Trinajstić information content (AvgIpc) is 2.95. The van der Waals surface area contributed by atoms with Gasteiger partial charge in [-0.15, -0.1) is 0 Å². The second-order valence-corrected chi connectivity index (χ2v) is 5.82. The van der Waals surface area contributed by atoms with Gasteiger partial charge in [0, 0.05) is 5.11 Å². The fraction of sp³-hybridized carbons (Fsp3) is 0.176. The average molecular weight is 325 g/mol. The molecule has 0 radical (unpaired) electrons. The van der Waals surface area contributed by atoms with Crippen LogP contribution in [-0.2, 0) is 7.05 Å². The smallest absolute Gasteiger partial charge is 0.378 e. The number of ether oxygens (including phenoxy) is 1. The molecule has 6 heteroatoms. The Hall–Kier alpha value is -2.60. The summed E-state index contributed by atoms with van der Waals surface area (Å²) in [5, 5.41) is 9.36. The first kappa shape index (κ1) is 15.3. The van der Waals surface area contributed by atoms with Crippen LogP contribution in [0.4, 0.5) is 10.8 Å². The Morgan fingerprint density at radius 2 is 1.87 bits per heavy atom. The van der Waals surface area contributed by atoms with Crippen molar-refractivity contribution in [1.82, 2.24) is 4.37 Å². The van der Waals surface area contributed by atoms with Crippen LogP contribution in [0, 0.1) is 6.92 Å². The fourth-order valence-corrected chi connectivity index (χ4v) is 2.86. The van der Waals surface area contributed by atoms with Crippen molar-refractivity contribution in [3.63, 3.8) is 0 Å². The van der Waals surface area contributed by atoms with Gasteiger partial charge in [0.15, 0.2) is 0 Å². The zero-order valence-corrected chi connectivity index (χ0v) is 14.0. The summed E-state index contributed by atoms with van der Waals surface area (Å²) in [6.45, 7) is 2.01. The van der Waals surface area contributed by atoms with Gasteiger partial charge < -0.3 is 4.74 Å². The van der Waals surface area contributed by atoms with E-state index in [9.17, 15) is 0 Å². The van der Waals surface area contributed by atoms with Crippen LogP contribution in [-0.4, -0.2) is 11.5 Å². The third-order valence-electron chi connectivity index (χ3n) is 3.43. The van der Waals surface area contributed by atoms with Gasteiger partial charge in [0.25, 0.3) is 5.82 Å². The molecule has 0 aliphatic heterocycles. The summed E-state index contributed by atoms with van der Waals surface area (Å²) in [7, 11) is 3.57. The van der Waals surface area contributed by atoms with Crippen molar-refractivity contribution in [2.75, 3.05) is 7.11 Å². The van der Waals surface area contributed by atoms with Gasteiger partial charge in [-0.1, -0.05) is 29.4 Å². The first-order chi connectivity index (χ1) is 11.2. The van der Waals surface area contributed by atoms with Gasteiger partial charge in [-0.25, -0.2) is 4.57 Å². The van der Waals surface area contributed by atoms with Crippen LogP contribution in [0.5, 0.6) is 5.75 Å². The summed E-state index contributed by atoms with van der Waals surface area (Å²) in [4.78, 5) is 0. The van der Waals surface area contributed by atoms with Crippen LogP contribution in [0.1, 0.15) is 5.56 Å². The SMILES string of the molecule is COc1cc(C)ccc1N=Nc1snc(-c2ccccc2)[n+]1C. The van der Waals surface area contributed by atoms with E-state index >= 15 is 0 Å². The summed E-state index contributed by atoms with van der Waals surface area (Å²) >= 11 is 1.32. The van der Waals surface area contributed by atoms with Crippen molar-refractivity contribution in [3.8, 4) is 17.1 Å². The summed E-state index contributed by atoms with van der Waals surface area (Å²) < 4.78 is 11.8. The second kappa shape index (κ2) is 6.66. The molecule has 0 bridgehead atoms. The van der Waals surface area contributed by atoms with E-state index in [4.69, 9.17) is 4.74 Å². The zero-order valence-electron chi connectivity index (χ0n) is 13.2. The molecule has 0 saturated carbocycles. The van der Waals surface area contributed by atoms with Crippen molar-refractivity contribution in [2.45, 2.75) is 6.92 Å². The van der Waals surface area contributed by atoms with E-state index in [1.807, 2.05) is 67.1 Å². The molecule has 0 unspecified atom stereocenters. The molecule has 1 heterocycles. The molecule has 0 fully saturated rings. The molecule has 0 N–H and O–H groups in total. The molecule has 3 aromatic rings.